The number of hydrogen-bond donors (Lipinski definition) is 1. The maximum atomic E-state index is 5.35. The Morgan fingerprint density at radius 1 is 1.29 bits per heavy atom. The van der Waals surface area contributed by atoms with Gasteiger partial charge in [-0.3, -0.25) is 0 Å². The van der Waals surface area contributed by atoms with Crippen LogP contribution in [0.5, 0.6) is 0 Å². The summed E-state index contributed by atoms with van der Waals surface area (Å²) in [7, 11) is 2.12. The van der Waals surface area contributed by atoms with Gasteiger partial charge in [0.1, 0.15) is 0 Å². The molecule has 1 aliphatic carbocycles. The van der Waals surface area contributed by atoms with Gasteiger partial charge in [0.15, 0.2) is 5.11 Å². The SMILES string of the molecule is CC(C)NC(=S)N(C)C1CCCCC1. The molecule has 0 bridgehead atoms. The van der Waals surface area contributed by atoms with Crippen LogP contribution in [0.3, 0.4) is 0 Å². The summed E-state index contributed by atoms with van der Waals surface area (Å²) in [5.41, 5.74) is 0. The second-order valence-corrected chi connectivity index (χ2v) is 4.89. The maximum Gasteiger partial charge on any atom is 0.169 e. The molecule has 0 aromatic rings. The molecule has 0 aliphatic heterocycles. The van der Waals surface area contributed by atoms with Crippen LogP contribution in [0.25, 0.3) is 0 Å². The van der Waals surface area contributed by atoms with E-state index < -0.39 is 0 Å². The van der Waals surface area contributed by atoms with Gasteiger partial charge in [-0.25, -0.2) is 0 Å². The number of nitrogens with zero attached hydrogens (tertiary/aromatic N) is 1. The third kappa shape index (κ3) is 3.45. The molecule has 1 saturated carbocycles. The van der Waals surface area contributed by atoms with E-state index in [1.807, 2.05) is 0 Å². The van der Waals surface area contributed by atoms with Crippen molar-refractivity contribution in [2.24, 2.45) is 0 Å². The van der Waals surface area contributed by atoms with Crippen molar-refractivity contribution in [3.63, 3.8) is 0 Å². The summed E-state index contributed by atoms with van der Waals surface area (Å²) >= 11 is 5.35. The average molecular weight is 214 g/mol. The Kier molecular flexibility index (Phi) is 4.66. The summed E-state index contributed by atoms with van der Waals surface area (Å²) in [6.45, 7) is 4.25. The summed E-state index contributed by atoms with van der Waals surface area (Å²) in [5.74, 6) is 0. The molecule has 0 atom stereocenters. The Morgan fingerprint density at radius 2 is 1.86 bits per heavy atom. The molecular formula is C11H22N2S. The highest BCUT2D eigenvalue weighted by Gasteiger charge is 2.19. The van der Waals surface area contributed by atoms with Crippen LogP contribution >= 0.6 is 12.2 Å². The van der Waals surface area contributed by atoms with Crippen molar-refractivity contribution in [1.82, 2.24) is 10.2 Å². The maximum absolute atomic E-state index is 5.35. The van der Waals surface area contributed by atoms with Crippen LogP contribution in [0.15, 0.2) is 0 Å². The standard InChI is InChI=1S/C11H22N2S/c1-9(2)12-11(14)13(3)10-7-5-4-6-8-10/h9-10H,4-8H2,1-3H3,(H,12,14). The Hall–Kier alpha value is -0.310. The first-order chi connectivity index (χ1) is 6.61. The Labute approximate surface area is 93.1 Å². The van der Waals surface area contributed by atoms with Crippen LogP contribution in [0.1, 0.15) is 46.0 Å². The zero-order valence-corrected chi connectivity index (χ0v) is 10.4. The van der Waals surface area contributed by atoms with Gasteiger partial charge in [-0.2, -0.15) is 0 Å². The van der Waals surface area contributed by atoms with E-state index in [2.05, 4.69) is 31.1 Å². The minimum atomic E-state index is 0.438. The number of thiocarbonyl (C=S) groups is 1. The third-order valence-electron chi connectivity index (χ3n) is 2.85. The lowest BCUT2D eigenvalue weighted by atomic mass is 9.95. The largest absolute Gasteiger partial charge is 0.360 e. The summed E-state index contributed by atoms with van der Waals surface area (Å²) in [6.07, 6.45) is 6.72. The highest BCUT2D eigenvalue weighted by molar-refractivity contribution is 7.80. The summed E-state index contributed by atoms with van der Waals surface area (Å²) in [4.78, 5) is 2.24. The predicted molar refractivity (Wildman–Crippen MR) is 65.5 cm³/mol. The fraction of sp³-hybridized carbons (Fsp3) is 0.909. The molecule has 1 fully saturated rings. The van der Waals surface area contributed by atoms with Gasteiger partial charge < -0.3 is 10.2 Å². The van der Waals surface area contributed by atoms with Crippen molar-refractivity contribution < 1.29 is 0 Å². The first kappa shape index (κ1) is 11.8. The smallest absolute Gasteiger partial charge is 0.169 e. The Balaban J connectivity index is 2.38. The minimum Gasteiger partial charge on any atom is -0.360 e. The Morgan fingerprint density at radius 3 is 2.36 bits per heavy atom. The van der Waals surface area contributed by atoms with E-state index in [-0.39, 0.29) is 0 Å². The molecule has 0 saturated heterocycles. The van der Waals surface area contributed by atoms with Gasteiger partial charge in [-0.1, -0.05) is 19.3 Å². The zero-order chi connectivity index (χ0) is 10.6. The van der Waals surface area contributed by atoms with Gasteiger partial charge in [-0.05, 0) is 38.9 Å². The van der Waals surface area contributed by atoms with Gasteiger partial charge in [0.05, 0.1) is 0 Å². The van der Waals surface area contributed by atoms with Gasteiger partial charge in [0.25, 0.3) is 0 Å². The quantitative estimate of drug-likeness (QED) is 0.711. The first-order valence-corrected chi connectivity index (χ1v) is 6.05. The lowest BCUT2D eigenvalue weighted by Gasteiger charge is -2.33. The van der Waals surface area contributed by atoms with Crippen LogP contribution in [0.2, 0.25) is 0 Å². The fourth-order valence-electron chi connectivity index (χ4n) is 1.98. The molecule has 0 amide bonds. The van der Waals surface area contributed by atoms with Gasteiger partial charge >= 0.3 is 0 Å². The monoisotopic (exact) mass is 214 g/mol. The van der Waals surface area contributed by atoms with Gasteiger partial charge in [-0.15, -0.1) is 0 Å². The van der Waals surface area contributed by atoms with E-state index in [4.69, 9.17) is 12.2 Å². The number of rotatable bonds is 2. The van der Waals surface area contributed by atoms with Crippen molar-refractivity contribution in [3.05, 3.63) is 0 Å². The molecule has 1 aliphatic rings. The highest BCUT2D eigenvalue weighted by atomic mass is 32.1. The van der Waals surface area contributed by atoms with Crippen molar-refractivity contribution in [2.45, 2.75) is 58.0 Å². The van der Waals surface area contributed by atoms with Crippen LogP contribution in [-0.2, 0) is 0 Å². The molecule has 0 aromatic carbocycles. The molecule has 0 unspecified atom stereocenters. The second kappa shape index (κ2) is 5.54. The van der Waals surface area contributed by atoms with Gasteiger partial charge in [0.2, 0.25) is 0 Å². The van der Waals surface area contributed by atoms with E-state index >= 15 is 0 Å². The van der Waals surface area contributed by atoms with Gasteiger partial charge in [0, 0.05) is 19.1 Å². The van der Waals surface area contributed by atoms with Crippen molar-refractivity contribution in [2.75, 3.05) is 7.05 Å². The summed E-state index contributed by atoms with van der Waals surface area (Å²) < 4.78 is 0. The van der Waals surface area contributed by atoms with Crippen LogP contribution in [0, 0.1) is 0 Å². The van der Waals surface area contributed by atoms with E-state index in [0.29, 0.717) is 12.1 Å². The number of hydrogen-bond acceptors (Lipinski definition) is 1. The number of nitrogens with one attached hydrogen (secondary N) is 1. The molecule has 14 heavy (non-hydrogen) atoms. The van der Waals surface area contributed by atoms with Crippen molar-refractivity contribution >= 4 is 17.3 Å². The van der Waals surface area contributed by atoms with E-state index in [1.54, 1.807) is 0 Å². The van der Waals surface area contributed by atoms with Crippen molar-refractivity contribution in [1.29, 1.82) is 0 Å². The fourth-order valence-corrected chi connectivity index (χ4v) is 2.37. The first-order valence-electron chi connectivity index (χ1n) is 5.64. The van der Waals surface area contributed by atoms with E-state index in [9.17, 15) is 0 Å². The predicted octanol–water partition coefficient (Wildman–Crippen LogP) is 2.53. The Bertz CT molecular complexity index is 186. The minimum absolute atomic E-state index is 0.438. The van der Waals surface area contributed by atoms with E-state index in [1.165, 1.54) is 32.1 Å². The van der Waals surface area contributed by atoms with Crippen molar-refractivity contribution in [3.8, 4) is 0 Å². The molecule has 2 nitrogen and oxygen atoms in total. The molecule has 82 valence electrons. The molecule has 1 rings (SSSR count). The molecule has 0 aromatic heterocycles. The second-order valence-electron chi connectivity index (χ2n) is 4.51. The van der Waals surface area contributed by atoms with E-state index in [0.717, 1.165) is 5.11 Å². The van der Waals surface area contributed by atoms with Crippen LogP contribution in [0.4, 0.5) is 0 Å². The molecule has 1 N–H and O–H groups in total. The third-order valence-corrected chi connectivity index (χ3v) is 3.26. The lowest BCUT2D eigenvalue weighted by molar-refractivity contribution is 0.274. The molecule has 3 heteroatoms. The van der Waals surface area contributed by atoms with Crippen LogP contribution in [-0.4, -0.2) is 29.1 Å². The summed E-state index contributed by atoms with van der Waals surface area (Å²) in [6, 6.07) is 1.11. The normalized spacial score (nSPS) is 18.3. The molecule has 0 radical (unpaired) electrons. The summed E-state index contributed by atoms with van der Waals surface area (Å²) in [5, 5.41) is 4.21. The highest BCUT2D eigenvalue weighted by Crippen LogP contribution is 2.21. The lowest BCUT2D eigenvalue weighted by Crippen LogP contribution is -2.46. The molecule has 0 heterocycles. The average Bonchev–Trinajstić information content (AvgIpc) is 2.17. The molecular weight excluding hydrogens is 192 g/mol. The topological polar surface area (TPSA) is 15.3 Å². The zero-order valence-electron chi connectivity index (χ0n) is 9.55. The van der Waals surface area contributed by atoms with Crippen LogP contribution < -0.4 is 5.32 Å². The molecule has 0 spiro atoms.